The maximum absolute atomic E-state index is 10.4. The Morgan fingerprint density at radius 2 is 2.30 bits per heavy atom. The van der Waals surface area contributed by atoms with Gasteiger partial charge in [-0.15, -0.1) is 0 Å². The predicted molar refractivity (Wildman–Crippen MR) is 49.4 cm³/mol. The number of carbonyl (C=O) groups is 1. The Hall–Kier alpha value is 0.460. The van der Waals surface area contributed by atoms with Crippen LogP contribution in [0.5, 0.6) is 0 Å². The van der Waals surface area contributed by atoms with Crippen LogP contribution in [-0.4, -0.2) is 22.5 Å². The van der Waals surface area contributed by atoms with Gasteiger partial charge in [-0.1, -0.05) is 17.7 Å². The van der Waals surface area contributed by atoms with Crippen molar-refractivity contribution in [3.05, 3.63) is 0 Å². The molecule has 0 radical (unpaired) electrons. The summed E-state index contributed by atoms with van der Waals surface area (Å²) in [5.41, 5.74) is 0. The Balaban J connectivity index is 3.21. The Labute approximate surface area is 74.2 Å². The molecule has 0 spiro atoms. The standard InChI is InChI=1S/C5H10ClNOS2/c1-3-4-9-10-7(2)5(6)8/h3-4H2,1-2H3. The lowest BCUT2D eigenvalue weighted by Gasteiger charge is -2.08. The zero-order valence-corrected chi connectivity index (χ0v) is 8.35. The highest BCUT2D eigenvalue weighted by Crippen LogP contribution is 2.25. The molecule has 0 atom stereocenters. The molecule has 0 bridgehead atoms. The van der Waals surface area contributed by atoms with Gasteiger partial charge in [0.15, 0.2) is 0 Å². The summed E-state index contributed by atoms with van der Waals surface area (Å²) < 4.78 is 1.40. The van der Waals surface area contributed by atoms with Gasteiger partial charge in [0.2, 0.25) is 0 Å². The van der Waals surface area contributed by atoms with Crippen LogP contribution in [0.1, 0.15) is 13.3 Å². The van der Waals surface area contributed by atoms with E-state index >= 15 is 0 Å². The van der Waals surface area contributed by atoms with E-state index in [1.165, 1.54) is 15.3 Å². The minimum Gasteiger partial charge on any atom is -0.267 e. The van der Waals surface area contributed by atoms with E-state index in [-0.39, 0.29) is 0 Å². The number of rotatable bonds is 4. The molecule has 10 heavy (non-hydrogen) atoms. The fourth-order valence-corrected chi connectivity index (χ4v) is 2.31. The van der Waals surface area contributed by atoms with Crippen molar-refractivity contribution < 1.29 is 4.79 Å². The molecule has 0 fully saturated rings. The molecular formula is C5H10ClNOS2. The molecule has 0 aromatic rings. The molecule has 0 saturated carbocycles. The third-order valence-corrected chi connectivity index (χ3v) is 3.61. The van der Waals surface area contributed by atoms with Crippen LogP contribution >= 0.6 is 33.4 Å². The summed E-state index contributed by atoms with van der Waals surface area (Å²) in [6.45, 7) is 2.09. The second kappa shape index (κ2) is 6.19. The lowest BCUT2D eigenvalue weighted by molar-refractivity contribution is 0.251. The number of hydrogen-bond acceptors (Lipinski definition) is 3. The second-order valence-electron chi connectivity index (χ2n) is 1.65. The highest BCUT2D eigenvalue weighted by molar-refractivity contribution is 8.75. The molecule has 1 amide bonds. The number of hydrogen-bond donors (Lipinski definition) is 0. The van der Waals surface area contributed by atoms with Crippen LogP contribution in [0.2, 0.25) is 0 Å². The van der Waals surface area contributed by atoms with Crippen molar-refractivity contribution in [3.8, 4) is 0 Å². The summed E-state index contributed by atoms with van der Waals surface area (Å²) in [7, 11) is 4.66. The molecule has 0 aromatic heterocycles. The van der Waals surface area contributed by atoms with E-state index in [1.807, 2.05) is 0 Å². The Bertz CT molecular complexity index is 112. The van der Waals surface area contributed by atoms with E-state index in [9.17, 15) is 4.79 Å². The third-order valence-electron chi connectivity index (χ3n) is 0.700. The van der Waals surface area contributed by atoms with Crippen LogP contribution in [0, 0.1) is 0 Å². The van der Waals surface area contributed by atoms with Crippen molar-refractivity contribution in [2.75, 3.05) is 12.8 Å². The summed E-state index contributed by atoms with van der Waals surface area (Å²) >= 11 is 5.16. The Morgan fingerprint density at radius 1 is 1.70 bits per heavy atom. The summed E-state index contributed by atoms with van der Waals surface area (Å²) in [6.07, 6.45) is 1.11. The molecule has 0 heterocycles. The first kappa shape index (κ1) is 10.5. The molecule has 60 valence electrons. The summed E-state index contributed by atoms with van der Waals surface area (Å²) in [5, 5.41) is -0.423. The molecule has 0 aliphatic carbocycles. The van der Waals surface area contributed by atoms with Gasteiger partial charge >= 0.3 is 5.37 Å². The minimum absolute atomic E-state index is 0.423. The molecule has 0 rings (SSSR count). The normalized spacial score (nSPS) is 9.50. The van der Waals surface area contributed by atoms with Crippen molar-refractivity contribution >= 4 is 38.7 Å². The molecule has 2 nitrogen and oxygen atoms in total. The van der Waals surface area contributed by atoms with Gasteiger partial charge in [-0.05, 0) is 18.0 Å². The van der Waals surface area contributed by atoms with Crippen molar-refractivity contribution in [2.24, 2.45) is 0 Å². The van der Waals surface area contributed by atoms with Crippen LogP contribution < -0.4 is 0 Å². The lowest BCUT2D eigenvalue weighted by atomic mass is 10.6. The van der Waals surface area contributed by atoms with Gasteiger partial charge < -0.3 is 0 Å². The summed E-state index contributed by atoms with van der Waals surface area (Å²) in [4.78, 5) is 10.4. The molecule has 0 aliphatic heterocycles. The fraction of sp³-hybridized carbons (Fsp3) is 0.800. The highest BCUT2D eigenvalue weighted by atomic mass is 35.5. The average Bonchev–Trinajstić information content (AvgIpc) is 1.88. The monoisotopic (exact) mass is 199 g/mol. The minimum atomic E-state index is -0.423. The second-order valence-corrected chi connectivity index (χ2v) is 4.47. The van der Waals surface area contributed by atoms with Crippen LogP contribution in [0.3, 0.4) is 0 Å². The fourth-order valence-electron chi connectivity index (χ4n) is 0.229. The first-order valence-corrected chi connectivity index (χ1v) is 5.56. The first-order valence-electron chi connectivity index (χ1n) is 2.91. The van der Waals surface area contributed by atoms with Gasteiger partial charge in [-0.2, -0.15) is 0 Å². The van der Waals surface area contributed by atoms with Gasteiger partial charge in [-0.25, -0.2) is 0 Å². The van der Waals surface area contributed by atoms with Gasteiger partial charge in [0.05, 0.1) is 0 Å². The molecule has 0 aliphatic rings. The van der Waals surface area contributed by atoms with Gasteiger partial charge in [0.1, 0.15) is 0 Å². The Morgan fingerprint density at radius 3 is 2.70 bits per heavy atom. The molecular weight excluding hydrogens is 190 g/mol. The van der Waals surface area contributed by atoms with Crippen molar-refractivity contribution in [1.29, 1.82) is 0 Å². The maximum Gasteiger partial charge on any atom is 0.326 e. The molecule has 0 saturated heterocycles. The van der Waals surface area contributed by atoms with Gasteiger partial charge in [0, 0.05) is 23.8 Å². The number of nitrogens with zero attached hydrogens (tertiary/aromatic N) is 1. The van der Waals surface area contributed by atoms with Crippen molar-refractivity contribution in [3.63, 3.8) is 0 Å². The zero-order valence-electron chi connectivity index (χ0n) is 5.96. The number of amides is 1. The van der Waals surface area contributed by atoms with E-state index in [4.69, 9.17) is 11.6 Å². The van der Waals surface area contributed by atoms with E-state index in [1.54, 1.807) is 17.8 Å². The van der Waals surface area contributed by atoms with E-state index in [0.717, 1.165) is 12.2 Å². The SMILES string of the molecule is CCCSSN(C)C(=O)Cl. The van der Waals surface area contributed by atoms with Gasteiger partial charge in [-0.3, -0.25) is 9.10 Å². The van der Waals surface area contributed by atoms with Crippen LogP contribution in [0.25, 0.3) is 0 Å². The number of halogens is 1. The van der Waals surface area contributed by atoms with E-state index in [0.29, 0.717) is 0 Å². The van der Waals surface area contributed by atoms with Crippen molar-refractivity contribution in [2.45, 2.75) is 13.3 Å². The first-order chi connectivity index (χ1) is 4.68. The van der Waals surface area contributed by atoms with E-state index in [2.05, 4.69) is 6.92 Å². The Kier molecular flexibility index (Phi) is 6.47. The van der Waals surface area contributed by atoms with E-state index < -0.39 is 5.37 Å². The van der Waals surface area contributed by atoms with Crippen LogP contribution in [0.4, 0.5) is 4.79 Å². The zero-order chi connectivity index (χ0) is 7.98. The highest BCUT2D eigenvalue weighted by Gasteiger charge is 2.03. The van der Waals surface area contributed by atoms with Crippen LogP contribution in [0.15, 0.2) is 0 Å². The quantitative estimate of drug-likeness (QED) is 0.228. The summed E-state index contributed by atoms with van der Waals surface area (Å²) in [5.74, 6) is 1.04. The lowest BCUT2D eigenvalue weighted by Crippen LogP contribution is -2.09. The largest absolute Gasteiger partial charge is 0.326 e. The summed E-state index contributed by atoms with van der Waals surface area (Å²) in [6, 6.07) is 0. The third kappa shape index (κ3) is 5.26. The predicted octanol–water partition coefficient (Wildman–Crippen LogP) is 2.98. The molecule has 0 N–H and O–H groups in total. The average molecular weight is 200 g/mol. The van der Waals surface area contributed by atoms with Crippen LogP contribution in [-0.2, 0) is 0 Å². The molecule has 0 unspecified atom stereocenters. The smallest absolute Gasteiger partial charge is 0.267 e. The van der Waals surface area contributed by atoms with Gasteiger partial charge in [0.25, 0.3) is 0 Å². The molecule has 0 aromatic carbocycles. The maximum atomic E-state index is 10.4. The molecule has 5 heteroatoms. The van der Waals surface area contributed by atoms with Crippen molar-refractivity contribution in [1.82, 2.24) is 4.31 Å². The number of carbonyl (C=O) groups excluding carboxylic acids is 1. The topological polar surface area (TPSA) is 20.3 Å².